The van der Waals surface area contributed by atoms with E-state index in [1.807, 2.05) is 0 Å². The predicted octanol–water partition coefficient (Wildman–Crippen LogP) is 3.31. The van der Waals surface area contributed by atoms with E-state index in [0.717, 1.165) is 11.3 Å². The van der Waals surface area contributed by atoms with Crippen LogP contribution in [0.3, 0.4) is 0 Å². The molecule has 0 radical (unpaired) electrons. The molecule has 0 aliphatic carbocycles. The quantitative estimate of drug-likeness (QED) is 0.455. The standard InChI is InChI=1S/C22H26ClN7O2S/c1-14-4-3-5-16(23)20(14)28-21(32)17-13-24-22(33-17)27-18-12-19(26-15(2)25-18)30-8-6-29(7-9-30)10-11-31/h3-5,12-13,31H,6-11H2,1-2H3,(H,28,32)(H,24,25,26,27)/i1D3,8D2,9D2,10D2,11D2. The van der Waals surface area contributed by atoms with E-state index in [1.54, 1.807) is 0 Å². The molecule has 3 N–H and O–H groups in total. The number of benzene rings is 1. The molecule has 3 aromatic rings. The van der Waals surface area contributed by atoms with Crippen LogP contribution in [-0.2, 0) is 0 Å². The van der Waals surface area contributed by atoms with Crippen LogP contribution in [-0.4, -0.2) is 70.0 Å². The van der Waals surface area contributed by atoms with E-state index in [4.69, 9.17) is 26.7 Å². The summed E-state index contributed by atoms with van der Waals surface area (Å²) in [4.78, 5) is 26.8. The first-order valence-corrected chi connectivity index (χ1v) is 10.7. The molecule has 1 amide bonds. The number of hydrogen-bond acceptors (Lipinski definition) is 9. The summed E-state index contributed by atoms with van der Waals surface area (Å²) >= 11 is 7.03. The second-order valence-electron chi connectivity index (χ2n) is 6.66. The number of β-amino-alcohol motifs (C(OH)–C–C–N with tert-alkyl or cyclic N) is 1. The van der Waals surface area contributed by atoms with Gasteiger partial charge in [0.25, 0.3) is 5.91 Å². The average Bonchev–Trinajstić information content (AvgIpc) is 3.30. The molecule has 0 bridgehead atoms. The van der Waals surface area contributed by atoms with Gasteiger partial charge in [-0.15, -0.1) is 0 Å². The average molecular weight is 499 g/mol. The highest BCUT2D eigenvalue weighted by Crippen LogP contribution is 2.28. The Bertz CT molecular complexity index is 1550. The molecule has 1 fully saturated rings. The number of carbonyl (C=O) groups is 1. The van der Waals surface area contributed by atoms with Gasteiger partial charge in [-0.3, -0.25) is 9.69 Å². The molecule has 0 atom stereocenters. The Labute approximate surface area is 216 Å². The molecule has 0 spiro atoms. The number of nitrogens with one attached hydrogen (secondary N) is 2. The van der Waals surface area contributed by atoms with E-state index in [-0.39, 0.29) is 43.7 Å². The summed E-state index contributed by atoms with van der Waals surface area (Å²) in [5, 5.41) is 15.2. The summed E-state index contributed by atoms with van der Waals surface area (Å²) in [6, 6.07) is 5.45. The van der Waals surface area contributed by atoms with E-state index < -0.39 is 51.9 Å². The first-order chi connectivity index (χ1) is 20.0. The zero-order valence-corrected chi connectivity index (χ0v) is 18.8. The van der Waals surface area contributed by atoms with Gasteiger partial charge in [0.2, 0.25) is 0 Å². The van der Waals surface area contributed by atoms with Gasteiger partial charge in [0, 0.05) is 45.5 Å². The van der Waals surface area contributed by atoms with Crippen LogP contribution >= 0.6 is 22.9 Å². The van der Waals surface area contributed by atoms with Crippen molar-refractivity contribution >= 4 is 51.3 Å². The molecule has 9 nitrogen and oxygen atoms in total. The van der Waals surface area contributed by atoms with Crippen LogP contribution in [0.5, 0.6) is 0 Å². The van der Waals surface area contributed by atoms with Crippen LogP contribution in [0.25, 0.3) is 0 Å². The van der Waals surface area contributed by atoms with E-state index >= 15 is 0 Å². The van der Waals surface area contributed by atoms with Crippen molar-refractivity contribution < 1.29 is 25.0 Å². The first kappa shape index (κ1) is 13.2. The van der Waals surface area contributed by atoms with Gasteiger partial charge in [0.1, 0.15) is 22.3 Å². The molecule has 2 aromatic heterocycles. The Hall–Kier alpha value is -2.79. The smallest absolute Gasteiger partial charge is 0.267 e. The third-order valence-electron chi connectivity index (χ3n) is 4.32. The lowest BCUT2D eigenvalue weighted by Crippen LogP contribution is -2.47. The maximum atomic E-state index is 12.9. The molecule has 1 aliphatic heterocycles. The number of amides is 1. The van der Waals surface area contributed by atoms with Gasteiger partial charge in [0.15, 0.2) is 5.13 Å². The number of nitrogens with zero attached hydrogens (tertiary/aromatic N) is 5. The summed E-state index contributed by atoms with van der Waals surface area (Å²) in [6.07, 6.45) is 1.23. The van der Waals surface area contributed by atoms with Crippen LogP contribution in [0.2, 0.25) is 5.02 Å². The topological polar surface area (TPSA) is 107 Å². The molecule has 0 saturated carbocycles. The Kier molecular flexibility index (Phi) is 4.17. The lowest BCUT2D eigenvalue weighted by Gasteiger charge is -2.35. The van der Waals surface area contributed by atoms with Crippen molar-refractivity contribution in [1.82, 2.24) is 19.9 Å². The Morgan fingerprint density at radius 1 is 1.39 bits per heavy atom. The van der Waals surface area contributed by atoms with E-state index in [0.29, 0.717) is 9.80 Å². The first-order valence-electron chi connectivity index (χ1n) is 15.0. The van der Waals surface area contributed by atoms with E-state index in [9.17, 15) is 9.90 Å². The maximum absolute atomic E-state index is 12.9. The summed E-state index contributed by atoms with van der Waals surface area (Å²) in [5.41, 5.74) is -0.207. The third kappa shape index (κ3) is 5.77. The van der Waals surface area contributed by atoms with Crippen molar-refractivity contribution in [2.24, 2.45) is 0 Å². The summed E-state index contributed by atoms with van der Waals surface area (Å²) in [7, 11) is 0. The van der Waals surface area contributed by atoms with Crippen LogP contribution in [0.4, 0.5) is 22.5 Å². The summed E-state index contributed by atoms with van der Waals surface area (Å²) in [5.74, 6) is -0.736. The molecule has 1 saturated heterocycles. The number of aromatic nitrogens is 3. The second-order valence-corrected chi connectivity index (χ2v) is 8.10. The highest BCUT2D eigenvalue weighted by Gasteiger charge is 2.19. The van der Waals surface area contributed by atoms with Gasteiger partial charge in [-0.05, 0) is 25.4 Å². The normalized spacial score (nSPS) is 23.6. The fourth-order valence-electron chi connectivity index (χ4n) is 2.84. The lowest BCUT2D eigenvalue weighted by molar-refractivity contribution is 0.103. The molecular formula is C22H26ClN7O2S. The number of halogens is 1. The minimum Gasteiger partial charge on any atom is -0.395 e. The SMILES string of the molecule is [2H]C([2H])([2H])c1cccc(Cl)c1NC(=O)c1cnc(Nc2cc(N3C([2H])([2H])CN(C([2H])([2H])C([2H])([2H])O)CC3([2H])[2H])nc(C)n2)s1. The van der Waals surface area contributed by atoms with Crippen LogP contribution in [0.1, 0.15) is 36.1 Å². The number of hydrogen-bond donors (Lipinski definition) is 3. The Morgan fingerprint density at radius 3 is 2.97 bits per heavy atom. The molecular weight excluding hydrogens is 462 g/mol. The second kappa shape index (κ2) is 10.4. The molecule has 11 heteroatoms. The third-order valence-corrected chi connectivity index (χ3v) is 5.54. The van der Waals surface area contributed by atoms with Crippen molar-refractivity contribution in [3.05, 3.63) is 51.7 Å². The molecule has 4 rings (SSSR count). The molecule has 33 heavy (non-hydrogen) atoms. The zero-order valence-electron chi connectivity index (χ0n) is 28.2. The van der Waals surface area contributed by atoms with Crippen LogP contribution < -0.4 is 15.5 Å². The molecule has 0 unspecified atom stereocenters. The number of rotatable bonds is 7. The van der Waals surface area contributed by atoms with Gasteiger partial charge in [-0.1, -0.05) is 35.1 Å². The lowest BCUT2D eigenvalue weighted by atomic mass is 10.2. The highest BCUT2D eigenvalue weighted by atomic mass is 35.5. The fourth-order valence-corrected chi connectivity index (χ4v) is 3.78. The van der Waals surface area contributed by atoms with Gasteiger partial charge in [-0.2, -0.15) is 0 Å². The van der Waals surface area contributed by atoms with Gasteiger partial charge in [-0.25, -0.2) is 15.0 Å². The zero-order chi connectivity index (χ0) is 33.0. The van der Waals surface area contributed by atoms with Crippen molar-refractivity contribution in [1.29, 1.82) is 0 Å². The molecule has 1 aromatic carbocycles. The maximum Gasteiger partial charge on any atom is 0.267 e. The monoisotopic (exact) mass is 498 g/mol. The predicted molar refractivity (Wildman–Crippen MR) is 132 cm³/mol. The van der Waals surface area contributed by atoms with Gasteiger partial charge in [0.05, 0.1) is 31.7 Å². The fraction of sp³-hybridized carbons (Fsp3) is 0.364. The number of aryl methyl sites for hydroxylation is 2. The van der Waals surface area contributed by atoms with Crippen molar-refractivity contribution in [3.8, 4) is 0 Å². The minimum absolute atomic E-state index is 0.0330. The number of anilines is 4. The summed E-state index contributed by atoms with van der Waals surface area (Å²) in [6.45, 7) is -14.5. The molecule has 3 heterocycles. The largest absolute Gasteiger partial charge is 0.395 e. The van der Waals surface area contributed by atoms with Crippen molar-refractivity contribution in [2.75, 3.05) is 54.7 Å². The van der Waals surface area contributed by atoms with Crippen molar-refractivity contribution in [3.63, 3.8) is 0 Å². The van der Waals surface area contributed by atoms with Gasteiger partial charge >= 0.3 is 0 Å². The molecule has 174 valence electrons. The van der Waals surface area contributed by atoms with Crippen LogP contribution in [0.15, 0.2) is 30.5 Å². The number of piperazine rings is 1. The van der Waals surface area contributed by atoms with Crippen LogP contribution in [0, 0.1) is 13.8 Å². The minimum atomic E-state index is -3.40. The Morgan fingerprint density at radius 2 is 2.21 bits per heavy atom. The van der Waals surface area contributed by atoms with Gasteiger partial charge < -0.3 is 20.6 Å². The van der Waals surface area contributed by atoms with Crippen molar-refractivity contribution in [2.45, 2.75) is 13.8 Å². The number of para-hydroxylation sites is 1. The molecule has 1 aliphatic rings. The van der Waals surface area contributed by atoms with E-state index in [2.05, 4.69) is 25.6 Å². The highest BCUT2D eigenvalue weighted by molar-refractivity contribution is 7.17. The summed E-state index contributed by atoms with van der Waals surface area (Å²) < 4.78 is 87.9. The number of thiazole rings is 1. The Balaban J connectivity index is 1.58. The number of carbonyl (C=O) groups excluding carboxylic acids is 1. The number of aliphatic hydroxyl groups is 1. The van der Waals surface area contributed by atoms with E-state index in [1.165, 1.54) is 37.4 Å².